The molecule has 0 bridgehead atoms. The van der Waals surface area contributed by atoms with E-state index in [1.807, 2.05) is 60.7 Å². The number of nitrogens with one attached hydrogen (secondary N) is 1. The number of thioether (sulfide) groups is 1. The Balaban J connectivity index is 1.45. The Labute approximate surface area is 319 Å². The molecule has 5 rings (SSSR count). The van der Waals surface area contributed by atoms with E-state index in [1.165, 1.54) is 24.2 Å². The van der Waals surface area contributed by atoms with Gasteiger partial charge < -0.3 is 14.8 Å². The van der Waals surface area contributed by atoms with Crippen LogP contribution in [0.25, 0.3) is 6.08 Å². The van der Waals surface area contributed by atoms with Crippen molar-refractivity contribution in [2.75, 3.05) is 12.9 Å². The Morgan fingerprint density at radius 1 is 0.963 bits per heavy atom. The van der Waals surface area contributed by atoms with Gasteiger partial charge >= 0.3 is 0 Å². The smallest absolute Gasteiger partial charge is 0.285 e. The van der Waals surface area contributed by atoms with E-state index in [0.717, 1.165) is 22.9 Å². The first-order valence-electron chi connectivity index (χ1n) is 17.1. The summed E-state index contributed by atoms with van der Waals surface area (Å²) in [5.74, 6) is -1.52. The Kier molecular flexibility index (Phi) is 13.7. The van der Waals surface area contributed by atoms with E-state index in [9.17, 15) is 18.8 Å². The second-order valence-corrected chi connectivity index (χ2v) is 12.8. The predicted octanol–water partition coefficient (Wildman–Crippen LogP) is 8.54. The van der Waals surface area contributed by atoms with Crippen molar-refractivity contribution in [1.82, 2.24) is 10.2 Å². The third kappa shape index (κ3) is 9.58. The number of allylic oxidation sites excluding steroid dienone is 5. The Morgan fingerprint density at radius 3 is 2.24 bits per heavy atom. The number of aliphatic imine (C=N–C) groups is 1. The Bertz CT molecular complexity index is 2100. The molecule has 0 unspecified atom stereocenters. The summed E-state index contributed by atoms with van der Waals surface area (Å²) in [5, 5.41) is 3.15. The minimum Gasteiger partial charge on any atom is -0.493 e. The molecule has 1 heterocycles. The highest BCUT2D eigenvalue weighted by molar-refractivity contribution is 8.14. The molecule has 3 amide bonds. The van der Waals surface area contributed by atoms with Gasteiger partial charge in [0.1, 0.15) is 18.0 Å². The second kappa shape index (κ2) is 19.0. The van der Waals surface area contributed by atoms with Gasteiger partial charge in [0.25, 0.3) is 11.8 Å². The van der Waals surface area contributed by atoms with Crippen molar-refractivity contribution >= 4 is 40.7 Å². The standard InChI is InChI=1S/C44H40FN3O5S/c1-5-8-23-35(7-3)48-43(51)36(26-30-25-33(17-6-2)41(38(27-30)52-4)53-28-34-22-15-16-24-37(34)45)42(50)47-44(48)54-29-39(49)46-40(31-18-11-9-12-19-31)32-20-13-10-14-21-32/h5-16,18-27,40H,1-2,17,28-29H2,3-4H3,(H,46,49)/b23-8-,35-7+,36-26+. The van der Waals surface area contributed by atoms with Gasteiger partial charge in [-0.05, 0) is 60.4 Å². The average molecular weight is 742 g/mol. The number of amides is 3. The fraction of sp³-hybridized carbons (Fsp3) is 0.136. The fourth-order valence-electron chi connectivity index (χ4n) is 5.71. The quantitative estimate of drug-likeness (QED) is 0.0568. The number of hydrogen-bond acceptors (Lipinski definition) is 6. The lowest BCUT2D eigenvalue weighted by Crippen LogP contribution is -2.42. The van der Waals surface area contributed by atoms with Crippen LogP contribution in [-0.2, 0) is 27.4 Å². The highest BCUT2D eigenvalue weighted by atomic mass is 32.2. The van der Waals surface area contributed by atoms with Gasteiger partial charge in [0.05, 0.1) is 18.9 Å². The molecular weight excluding hydrogens is 702 g/mol. The van der Waals surface area contributed by atoms with Crippen molar-refractivity contribution in [3.8, 4) is 11.5 Å². The molecule has 1 aliphatic heterocycles. The van der Waals surface area contributed by atoms with Crippen molar-refractivity contribution in [2.24, 2.45) is 4.99 Å². The maximum absolute atomic E-state index is 14.3. The first-order valence-corrected chi connectivity index (χ1v) is 18.1. The summed E-state index contributed by atoms with van der Waals surface area (Å²) in [7, 11) is 1.47. The van der Waals surface area contributed by atoms with Crippen LogP contribution in [0.15, 0.2) is 157 Å². The van der Waals surface area contributed by atoms with Crippen LogP contribution in [0.2, 0.25) is 0 Å². The van der Waals surface area contributed by atoms with Gasteiger partial charge in [-0.3, -0.25) is 19.3 Å². The van der Waals surface area contributed by atoms with Crippen LogP contribution >= 0.6 is 11.8 Å². The number of rotatable bonds is 15. The van der Waals surface area contributed by atoms with Gasteiger partial charge in [0.15, 0.2) is 16.7 Å². The second-order valence-electron chi connectivity index (χ2n) is 11.9. The maximum atomic E-state index is 14.3. The molecule has 0 radical (unpaired) electrons. The van der Waals surface area contributed by atoms with E-state index >= 15 is 0 Å². The van der Waals surface area contributed by atoms with E-state index in [1.54, 1.807) is 67.6 Å². The molecule has 0 saturated carbocycles. The van der Waals surface area contributed by atoms with E-state index < -0.39 is 23.7 Å². The number of amidine groups is 1. The number of ether oxygens (including phenoxy) is 2. The lowest BCUT2D eigenvalue weighted by Gasteiger charge is -2.28. The SMILES string of the molecule is C=C/C=C\C(=C/C)N1C(=O)/C(=C/c2cc(CC=C)c(OCc3ccccc3F)c(OC)c2)C(=O)N=C1SCC(=O)NC(c1ccccc1)c1ccccc1. The zero-order valence-corrected chi connectivity index (χ0v) is 30.9. The molecule has 1 aliphatic rings. The zero-order valence-electron chi connectivity index (χ0n) is 30.0. The summed E-state index contributed by atoms with van der Waals surface area (Å²) in [6.07, 6.45) is 10.1. The molecule has 1 N–H and O–H groups in total. The molecular formula is C44H40FN3O5S. The summed E-state index contributed by atoms with van der Waals surface area (Å²) in [5.41, 5.74) is 3.53. The molecule has 4 aromatic rings. The van der Waals surface area contributed by atoms with Gasteiger partial charge in [-0.25, -0.2) is 4.39 Å². The van der Waals surface area contributed by atoms with Gasteiger partial charge in [0, 0.05) is 16.8 Å². The summed E-state index contributed by atoms with van der Waals surface area (Å²) < 4.78 is 26.0. The molecule has 54 heavy (non-hydrogen) atoms. The van der Waals surface area contributed by atoms with E-state index in [2.05, 4.69) is 23.5 Å². The highest BCUT2D eigenvalue weighted by Gasteiger charge is 2.35. The first kappa shape index (κ1) is 39.0. The number of hydrogen-bond donors (Lipinski definition) is 1. The number of nitrogens with zero attached hydrogens (tertiary/aromatic N) is 2. The minimum absolute atomic E-state index is 0.0454. The Morgan fingerprint density at radius 2 is 1.63 bits per heavy atom. The van der Waals surface area contributed by atoms with Crippen LogP contribution in [0.3, 0.4) is 0 Å². The number of methoxy groups -OCH3 is 1. The van der Waals surface area contributed by atoms with E-state index in [0.29, 0.717) is 40.3 Å². The number of carbonyl (C=O) groups is 3. The Hall–Kier alpha value is -6.26. The van der Waals surface area contributed by atoms with Crippen molar-refractivity contribution in [1.29, 1.82) is 0 Å². The molecule has 0 saturated heterocycles. The topological polar surface area (TPSA) is 97.3 Å². The van der Waals surface area contributed by atoms with Crippen LogP contribution in [0.5, 0.6) is 11.5 Å². The van der Waals surface area contributed by atoms with Crippen LogP contribution in [0.1, 0.15) is 40.8 Å². The van der Waals surface area contributed by atoms with Crippen molar-refractivity contribution < 1.29 is 28.2 Å². The fourth-order valence-corrected chi connectivity index (χ4v) is 6.52. The number of halogens is 1. The molecule has 10 heteroatoms. The summed E-state index contributed by atoms with van der Waals surface area (Å²) >= 11 is 0.981. The van der Waals surface area contributed by atoms with Gasteiger partial charge in [-0.2, -0.15) is 4.99 Å². The largest absolute Gasteiger partial charge is 0.493 e. The summed E-state index contributed by atoms with van der Waals surface area (Å²) in [6, 6.07) is 28.5. The normalized spacial score (nSPS) is 14.0. The summed E-state index contributed by atoms with van der Waals surface area (Å²) in [4.78, 5) is 47.0. The third-order valence-corrected chi connectivity index (χ3v) is 9.23. The highest BCUT2D eigenvalue weighted by Crippen LogP contribution is 2.36. The van der Waals surface area contributed by atoms with E-state index in [-0.39, 0.29) is 29.0 Å². The molecule has 0 spiro atoms. The van der Waals surface area contributed by atoms with Crippen LogP contribution in [0, 0.1) is 5.82 Å². The zero-order chi connectivity index (χ0) is 38.5. The van der Waals surface area contributed by atoms with Crippen LogP contribution in [0.4, 0.5) is 4.39 Å². The lowest BCUT2D eigenvalue weighted by atomic mass is 9.99. The molecule has 0 aliphatic carbocycles. The molecule has 4 aromatic carbocycles. The van der Waals surface area contributed by atoms with Gasteiger partial charge in [0.2, 0.25) is 5.91 Å². The van der Waals surface area contributed by atoms with Gasteiger partial charge in [-0.15, -0.1) is 6.58 Å². The maximum Gasteiger partial charge on any atom is 0.285 e. The lowest BCUT2D eigenvalue weighted by molar-refractivity contribution is -0.126. The molecule has 274 valence electrons. The van der Waals surface area contributed by atoms with E-state index in [4.69, 9.17) is 9.47 Å². The minimum atomic E-state index is -0.766. The van der Waals surface area contributed by atoms with Gasteiger partial charge in [-0.1, -0.05) is 122 Å². The first-order chi connectivity index (χ1) is 26.3. The van der Waals surface area contributed by atoms with Crippen molar-refractivity contribution in [3.63, 3.8) is 0 Å². The molecule has 0 fully saturated rings. The average Bonchev–Trinajstić information content (AvgIpc) is 3.19. The van der Waals surface area contributed by atoms with Crippen molar-refractivity contribution in [3.05, 3.63) is 186 Å². The van der Waals surface area contributed by atoms with Crippen LogP contribution < -0.4 is 14.8 Å². The predicted molar refractivity (Wildman–Crippen MR) is 213 cm³/mol. The molecule has 0 aromatic heterocycles. The monoisotopic (exact) mass is 741 g/mol. The molecule has 8 nitrogen and oxygen atoms in total. The van der Waals surface area contributed by atoms with Crippen molar-refractivity contribution in [2.45, 2.75) is 26.0 Å². The number of carbonyl (C=O) groups excluding carboxylic acids is 3. The van der Waals surface area contributed by atoms with Crippen LogP contribution in [-0.4, -0.2) is 40.7 Å². The summed E-state index contributed by atoms with van der Waals surface area (Å²) in [6.45, 7) is 9.29. The molecule has 0 atom stereocenters. The number of benzene rings is 4. The third-order valence-electron chi connectivity index (χ3n) is 8.29.